The number of fused-ring (bicyclic) bond motifs is 1. The van der Waals surface area contributed by atoms with Gasteiger partial charge in [0.1, 0.15) is 0 Å². The average molecular weight is 185 g/mol. The molecular formula is C13H15N. The molecule has 0 N–H and O–H groups in total. The lowest BCUT2D eigenvalue weighted by Gasteiger charge is -2.02. The molecule has 0 bridgehead atoms. The minimum atomic E-state index is 1.01. The second-order valence-electron chi connectivity index (χ2n) is 3.56. The molecule has 1 aromatic heterocycles. The standard InChI is InChI=1S/C13H15N/c1-3-10-5-6-11-9-14-13(4-2)8-12(11)7-10/h5-9H,3-4H2,1-2H3. The second kappa shape index (κ2) is 3.79. The van der Waals surface area contributed by atoms with E-state index in [9.17, 15) is 0 Å². The average Bonchev–Trinajstić information content (AvgIpc) is 2.27. The summed E-state index contributed by atoms with van der Waals surface area (Å²) in [5, 5.41) is 2.55. The maximum atomic E-state index is 4.38. The van der Waals surface area contributed by atoms with Gasteiger partial charge in [-0.15, -0.1) is 0 Å². The Morgan fingerprint density at radius 1 is 1.00 bits per heavy atom. The number of aromatic nitrogens is 1. The Labute approximate surface area is 84.8 Å². The number of pyridine rings is 1. The van der Waals surface area contributed by atoms with Crippen molar-refractivity contribution in [2.75, 3.05) is 0 Å². The zero-order valence-electron chi connectivity index (χ0n) is 8.75. The highest BCUT2D eigenvalue weighted by molar-refractivity contribution is 5.82. The van der Waals surface area contributed by atoms with Gasteiger partial charge in [0.15, 0.2) is 0 Å². The smallest absolute Gasteiger partial charge is 0.0407 e. The summed E-state index contributed by atoms with van der Waals surface area (Å²) >= 11 is 0. The molecule has 0 amide bonds. The lowest BCUT2D eigenvalue weighted by Crippen LogP contribution is -1.87. The van der Waals surface area contributed by atoms with Crippen LogP contribution in [0, 0.1) is 0 Å². The van der Waals surface area contributed by atoms with E-state index in [2.05, 4.69) is 43.1 Å². The predicted molar refractivity (Wildman–Crippen MR) is 60.5 cm³/mol. The number of hydrogen-bond acceptors (Lipinski definition) is 1. The van der Waals surface area contributed by atoms with Crippen molar-refractivity contribution in [1.82, 2.24) is 4.98 Å². The summed E-state index contributed by atoms with van der Waals surface area (Å²) in [4.78, 5) is 4.38. The summed E-state index contributed by atoms with van der Waals surface area (Å²) < 4.78 is 0. The molecule has 0 unspecified atom stereocenters. The number of hydrogen-bond donors (Lipinski definition) is 0. The molecule has 14 heavy (non-hydrogen) atoms. The highest BCUT2D eigenvalue weighted by atomic mass is 14.7. The van der Waals surface area contributed by atoms with Gasteiger partial charge < -0.3 is 0 Å². The molecule has 0 aliphatic rings. The van der Waals surface area contributed by atoms with Crippen LogP contribution in [0.2, 0.25) is 0 Å². The lowest BCUT2D eigenvalue weighted by atomic mass is 10.1. The van der Waals surface area contributed by atoms with Crippen molar-refractivity contribution in [3.8, 4) is 0 Å². The number of rotatable bonds is 2. The number of benzene rings is 1. The SMILES string of the molecule is CCc1ccc2cnc(CC)cc2c1. The third-order valence-electron chi connectivity index (χ3n) is 2.61. The first-order valence-electron chi connectivity index (χ1n) is 5.21. The molecule has 1 aromatic carbocycles. The monoisotopic (exact) mass is 185 g/mol. The third kappa shape index (κ3) is 1.63. The summed E-state index contributed by atoms with van der Waals surface area (Å²) in [5.74, 6) is 0. The molecule has 0 fully saturated rings. The van der Waals surface area contributed by atoms with Crippen LogP contribution in [0.25, 0.3) is 10.8 Å². The van der Waals surface area contributed by atoms with Crippen molar-refractivity contribution in [1.29, 1.82) is 0 Å². The van der Waals surface area contributed by atoms with Crippen molar-refractivity contribution < 1.29 is 0 Å². The van der Waals surface area contributed by atoms with Gasteiger partial charge in [-0.3, -0.25) is 4.98 Å². The Morgan fingerprint density at radius 3 is 2.57 bits per heavy atom. The van der Waals surface area contributed by atoms with Crippen LogP contribution in [0.4, 0.5) is 0 Å². The fraction of sp³-hybridized carbons (Fsp3) is 0.308. The van der Waals surface area contributed by atoms with E-state index in [1.165, 1.54) is 22.0 Å². The van der Waals surface area contributed by atoms with E-state index in [4.69, 9.17) is 0 Å². The van der Waals surface area contributed by atoms with Gasteiger partial charge in [-0.05, 0) is 29.9 Å². The van der Waals surface area contributed by atoms with E-state index >= 15 is 0 Å². The van der Waals surface area contributed by atoms with Crippen LogP contribution in [0.1, 0.15) is 25.1 Å². The van der Waals surface area contributed by atoms with Crippen molar-refractivity contribution in [2.24, 2.45) is 0 Å². The van der Waals surface area contributed by atoms with Crippen LogP contribution in [-0.4, -0.2) is 4.98 Å². The van der Waals surface area contributed by atoms with Gasteiger partial charge in [0.05, 0.1) is 0 Å². The normalized spacial score (nSPS) is 10.7. The molecule has 0 atom stereocenters. The van der Waals surface area contributed by atoms with Gasteiger partial charge in [0.25, 0.3) is 0 Å². The lowest BCUT2D eigenvalue weighted by molar-refractivity contribution is 1.04. The zero-order valence-corrected chi connectivity index (χ0v) is 8.75. The zero-order chi connectivity index (χ0) is 9.97. The van der Waals surface area contributed by atoms with E-state index in [1.54, 1.807) is 0 Å². The molecule has 2 rings (SSSR count). The first-order chi connectivity index (χ1) is 6.83. The molecule has 0 saturated heterocycles. The second-order valence-corrected chi connectivity index (χ2v) is 3.56. The van der Waals surface area contributed by atoms with Crippen molar-refractivity contribution in [3.05, 3.63) is 41.7 Å². The molecule has 0 radical (unpaired) electrons. The predicted octanol–water partition coefficient (Wildman–Crippen LogP) is 3.36. The van der Waals surface area contributed by atoms with E-state index in [1.807, 2.05) is 6.20 Å². The molecule has 0 saturated carbocycles. The van der Waals surface area contributed by atoms with E-state index < -0.39 is 0 Å². The summed E-state index contributed by atoms with van der Waals surface area (Å²) in [7, 11) is 0. The first-order valence-corrected chi connectivity index (χ1v) is 5.21. The van der Waals surface area contributed by atoms with Gasteiger partial charge in [0.2, 0.25) is 0 Å². The molecule has 0 aliphatic heterocycles. The van der Waals surface area contributed by atoms with Gasteiger partial charge in [-0.2, -0.15) is 0 Å². The quantitative estimate of drug-likeness (QED) is 0.699. The van der Waals surface area contributed by atoms with E-state index in [-0.39, 0.29) is 0 Å². The maximum absolute atomic E-state index is 4.38. The molecule has 72 valence electrons. The molecule has 1 heteroatoms. The van der Waals surface area contributed by atoms with Crippen LogP contribution < -0.4 is 0 Å². The summed E-state index contributed by atoms with van der Waals surface area (Å²) in [6, 6.07) is 8.78. The van der Waals surface area contributed by atoms with E-state index in [0.29, 0.717) is 0 Å². The Bertz CT molecular complexity index is 407. The van der Waals surface area contributed by atoms with Crippen LogP contribution in [0.5, 0.6) is 0 Å². The molecule has 1 nitrogen and oxygen atoms in total. The van der Waals surface area contributed by atoms with Crippen LogP contribution in [0.15, 0.2) is 30.5 Å². The molecule has 0 aliphatic carbocycles. The molecule has 2 aromatic rings. The largest absolute Gasteiger partial charge is 0.261 e. The van der Waals surface area contributed by atoms with Gasteiger partial charge in [0, 0.05) is 17.3 Å². The summed E-state index contributed by atoms with van der Waals surface area (Å²) in [5.41, 5.74) is 2.57. The van der Waals surface area contributed by atoms with Crippen LogP contribution in [0.3, 0.4) is 0 Å². The first kappa shape index (κ1) is 9.20. The number of nitrogens with zero attached hydrogens (tertiary/aromatic N) is 1. The Balaban J connectivity index is 2.60. The topological polar surface area (TPSA) is 12.9 Å². The fourth-order valence-electron chi connectivity index (χ4n) is 1.65. The highest BCUT2D eigenvalue weighted by Gasteiger charge is 1.97. The minimum Gasteiger partial charge on any atom is -0.261 e. The Kier molecular flexibility index (Phi) is 2.49. The van der Waals surface area contributed by atoms with Gasteiger partial charge >= 0.3 is 0 Å². The van der Waals surface area contributed by atoms with Crippen molar-refractivity contribution >= 4 is 10.8 Å². The third-order valence-corrected chi connectivity index (χ3v) is 2.61. The fourth-order valence-corrected chi connectivity index (χ4v) is 1.65. The molecule has 0 spiro atoms. The Hall–Kier alpha value is -1.37. The van der Waals surface area contributed by atoms with Gasteiger partial charge in [-0.1, -0.05) is 32.0 Å². The highest BCUT2D eigenvalue weighted by Crippen LogP contribution is 2.16. The van der Waals surface area contributed by atoms with Crippen molar-refractivity contribution in [2.45, 2.75) is 26.7 Å². The molecular weight excluding hydrogens is 170 g/mol. The maximum Gasteiger partial charge on any atom is 0.0407 e. The minimum absolute atomic E-state index is 1.01. The molecule has 1 heterocycles. The Morgan fingerprint density at radius 2 is 1.86 bits per heavy atom. The number of aryl methyl sites for hydroxylation is 2. The van der Waals surface area contributed by atoms with Crippen LogP contribution >= 0.6 is 0 Å². The van der Waals surface area contributed by atoms with Crippen molar-refractivity contribution in [3.63, 3.8) is 0 Å². The summed E-state index contributed by atoms with van der Waals surface area (Å²) in [6.07, 6.45) is 4.07. The van der Waals surface area contributed by atoms with Gasteiger partial charge in [-0.25, -0.2) is 0 Å². The van der Waals surface area contributed by atoms with Crippen LogP contribution in [-0.2, 0) is 12.8 Å². The summed E-state index contributed by atoms with van der Waals surface area (Å²) in [6.45, 7) is 4.32. The van der Waals surface area contributed by atoms with E-state index in [0.717, 1.165) is 12.8 Å².